The Morgan fingerprint density at radius 1 is 1.11 bits per heavy atom. The van der Waals surface area contributed by atoms with Gasteiger partial charge in [0.1, 0.15) is 0 Å². The van der Waals surface area contributed by atoms with Crippen LogP contribution >= 0.6 is 0 Å². The second-order valence-electron chi connectivity index (χ2n) is 12.5. The first kappa shape index (κ1) is 26.7. The maximum Gasteiger partial charge on any atom is 0.251 e. The van der Waals surface area contributed by atoms with Crippen LogP contribution in [0.2, 0.25) is 0 Å². The van der Waals surface area contributed by atoms with E-state index in [1.807, 2.05) is 42.5 Å². The fourth-order valence-corrected chi connectivity index (χ4v) is 6.85. The van der Waals surface area contributed by atoms with Gasteiger partial charge in [-0.1, -0.05) is 58.0 Å². The van der Waals surface area contributed by atoms with Crippen molar-refractivity contribution in [3.63, 3.8) is 0 Å². The van der Waals surface area contributed by atoms with Gasteiger partial charge >= 0.3 is 0 Å². The molecule has 2 bridgehead atoms. The first-order chi connectivity index (χ1) is 18.2. The zero-order valence-electron chi connectivity index (χ0n) is 23.7. The maximum absolute atomic E-state index is 12.8. The van der Waals surface area contributed by atoms with Gasteiger partial charge in [-0.25, -0.2) is 4.99 Å². The molecule has 6 rings (SSSR count). The van der Waals surface area contributed by atoms with Crippen LogP contribution in [0, 0.1) is 23.2 Å². The lowest BCUT2D eigenvalue weighted by molar-refractivity contribution is -0.108. The Balaban J connectivity index is 1.26. The quantitative estimate of drug-likeness (QED) is 0.358. The molecular formula is C32H45N5O. The monoisotopic (exact) mass is 515 g/mol. The molecule has 2 aromatic rings. The summed E-state index contributed by atoms with van der Waals surface area (Å²) in [4.78, 5) is 20.6. The van der Waals surface area contributed by atoms with E-state index in [0.717, 1.165) is 43.1 Å². The van der Waals surface area contributed by atoms with E-state index >= 15 is 0 Å². The number of nitrogens with one attached hydrogen (secondary N) is 3. The largest absolute Gasteiger partial charge is 0.351 e. The fourth-order valence-electron chi connectivity index (χ4n) is 6.85. The molecule has 3 N–H and O–H groups in total. The molecule has 6 nitrogen and oxygen atoms in total. The van der Waals surface area contributed by atoms with Gasteiger partial charge in [-0.3, -0.25) is 4.79 Å². The third kappa shape index (κ3) is 5.61. The molecule has 0 spiro atoms. The summed E-state index contributed by atoms with van der Waals surface area (Å²) in [6, 6.07) is 18.9. The molecule has 3 saturated carbocycles. The molecule has 38 heavy (non-hydrogen) atoms. The van der Waals surface area contributed by atoms with Gasteiger partial charge in [-0.15, -0.1) is 0 Å². The topological polar surface area (TPSA) is 68.8 Å². The molecule has 204 valence electrons. The number of hydrogen-bond acceptors (Lipinski definition) is 3. The van der Waals surface area contributed by atoms with Crippen molar-refractivity contribution in [3.8, 4) is 0 Å². The van der Waals surface area contributed by atoms with Gasteiger partial charge in [0, 0.05) is 43.5 Å². The normalized spacial score (nSPS) is 29.2. The summed E-state index contributed by atoms with van der Waals surface area (Å²) >= 11 is 0. The van der Waals surface area contributed by atoms with E-state index in [1.165, 1.54) is 18.4 Å². The van der Waals surface area contributed by atoms with Crippen LogP contribution in [0.5, 0.6) is 0 Å². The van der Waals surface area contributed by atoms with E-state index in [1.54, 1.807) is 0 Å². The molecule has 3 aliphatic carbocycles. The summed E-state index contributed by atoms with van der Waals surface area (Å²) in [5, 5.41) is 10.3. The van der Waals surface area contributed by atoms with E-state index in [4.69, 9.17) is 4.99 Å². The zero-order valence-corrected chi connectivity index (χ0v) is 23.7. The van der Waals surface area contributed by atoms with E-state index in [9.17, 15) is 4.79 Å². The summed E-state index contributed by atoms with van der Waals surface area (Å²) in [6.45, 7) is 15.1. The van der Waals surface area contributed by atoms with Gasteiger partial charge in [-0.05, 0) is 78.7 Å². The predicted octanol–water partition coefficient (Wildman–Crippen LogP) is 5.35. The van der Waals surface area contributed by atoms with Gasteiger partial charge in [0.25, 0.3) is 5.91 Å². The van der Waals surface area contributed by atoms with Crippen molar-refractivity contribution >= 4 is 17.6 Å². The SMILES string of the molecule is C[C@@H]1[C@H](/N=C(/Nc2ccc(C(=O)NC[C@H](C)c3ccccc3)cc2)N2CCN[C@@H](C)C2)C[C@H]2C[C@@H]1C2(C)C. The summed E-state index contributed by atoms with van der Waals surface area (Å²) in [5.41, 5.74) is 3.33. The minimum atomic E-state index is -0.0398. The van der Waals surface area contributed by atoms with Crippen LogP contribution in [0.25, 0.3) is 0 Å². The highest BCUT2D eigenvalue weighted by molar-refractivity contribution is 5.96. The minimum Gasteiger partial charge on any atom is -0.351 e. The van der Waals surface area contributed by atoms with Crippen LogP contribution in [0.15, 0.2) is 59.6 Å². The smallest absolute Gasteiger partial charge is 0.251 e. The maximum atomic E-state index is 12.8. The molecule has 1 saturated heterocycles. The molecular weight excluding hydrogens is 470 g/mol. The van der Waals surface area contributed by atoms with Crippen molar-refractivity contribution in [3.05, 3.63) is 65.7 Å². The lowest BCUT2D eigenvalue weighted by Gasteiger charge is -2.61. The Kier molecular flexibility index (Phi) is 7.80. The van der Waals surface area contributed by atoms with Crippen molar-refractivity contribution in [1.82, 2.24) is 15.5 Å². The molecule has 2 aromatic carbocycles. The number of carbonyl (C=O) groups is 1. The number of benzene rings is 2. The van der Waals surface area contributed by atoms with Gasteiger partial charge in [0.15, 0.2) is 5.96 Å². The number of nitrogens with zero attached hydrogens (tertiary/aromatic N) is 2. The van der Waals surface area contributed by atoms with Crippen molar-refractivity contribution in [1.29, 1.82) is 0 Å². The number of guanidine groups is 1. The first-order valence-electron chi connectivity index (χ1n) is 14.5. The van der Waals surface area contributed by atoms with Crippen LogP contribution in [0.1, 0.15) is 69.3 Å². The lowest BCUT2D eigenvalue weighted by Crippen LogP contribution is -2.57. The number of amides is 1. The Labute approximate surface area is 228 Å². The summed E-state index contributed by atoms with van der Waals surface area (Å²) in [5.74, 6) is 3.34. The highest BCUT2D eigenvalue weighted by Crippen LogP contribution is 2.61. The summed E-state index contributed by atoms with van der Waals surface area (Å²) in [7, 11) is 0. The molecule has 6 atom stereocenters. The third-order valence-electron chi connectivity index (χ3n) is 9.61. The van der Waals surface area contributed by atoms with Gasteiger partial charge < -0.3 is 20.9 Å². The van der Waals surface area contributed by atoms with Gasteiger partial charge in [0.05, 0.1) is 6.04 Å². The standard InChI is InChI=1S/C32H45N5O/c1-21(24-9-7-6-8-10-24)19-34-30(38)25-11-13-27(14-12-25)35-31(37-16-15-33-22(2)20-37)36-29-18-26-17-28(23(29)3)32(26,4)5/h6-14,21-23,26,28-29,33H,15-20H2,1-5H3,(H,34,38)(H,35,36)/t21-,22-,23-,26+,28-,29+/m0/s1. The number of rotatable bonds is 6. The predicted molar refractivity (Wildman–Crippen MR) is 157 cm³/mol. The number of fused-ring (bicyclic) bond motifs is 2. The van der Waals surface area contributed by atoms with Crippen molar-refractivity contribution in [2.24, 2.45) is 28.2 Å². The van der Waals surface area contributed by atoms with E-state index in [2.05, 4.69) is 67.6 Å². The second-order valence-corrected chi connectivity index (χ2v) is 12.5. The summed E-state index contributed by atoms with van der Waals surface area (Å²) in [6.07, 6.45) is 2.54. The highest BCUT2D eigenvalue weighted by Gasteiger charge is 2.56. The van der Waals surface area contributed by atoms with Crippen LogP contribution in [0.4, 0.5) is 5.69 Å². The fraction of sp³-hybridized carbons (Fsp3) is 0.562. The minimum absolute atomic E-state index is 0.0398. The first-order valence-corrected chi connectivity index (χ1v) is 14.5. The number of carbonyl (C=O) groups excluding carboxylic acids is 1. The Morgan fingerprint density at radius 2 is 1.84 bits per heavy atom. The highest BCUT2D eigenvalue weighted by atomic mass is 16.1. The average molecular weight is 516 g/mol. The Bertz CT molecular complexity index is 1130. The third-order valence-corrected chi connectivity index (χ3v) is 9.61. The summed E-state index contributed by atoms with van der Waals surface area (Å²) < 4.78 is 0. The Morgan fingerprint density at radius 3 is 2.50 bits per heavy atom. The van der Waals surface area contributed by atoms with E-state index in [0.29, 0.717) is 35.5 Å². The number of anilines is 1. The van der Waals surface area contributed by atoms with Crippen LogP contribution in [0.3, 0.4) is 0 Å². The molecule has 0 unspecified atom stereocenters. The molecule has 1 heterocycles. The second kappa shape index (κ2) is 11.1. The van der Waals surface area contributed by atoms with Crippen LogP contribution in [-0.2, 0) is 0 Å². The molecule has 1 amide bonds. The average Bonchev–Trinajstić information content (AvgIpc) is 2.92. The van der Waals surface area contributed by atoms with Gasteiger partial charge in [-0.2, -0.15) is 0 Å². The molecule has 0 aromatic heterocycles. The number of aliphatic imine (C=N–C) groups is 1. The molecule has 1 aliphatic heterocycles. The van der Waals surface area contributed by atoms with E-state index in [-0.39, 0.29) is 11.8 Å². The Hall–Kier alpha value is -2.86. The van der Waals surface area contributed by atoms with Gasteiger partial charge in [0.2, 0.25) is 0 Å². The zero-order chi connectivity index (χ0) is 26.9. The lowest BCUT2D eigenvalue weighted by atomic mass is 9.45. The van der Waals surface area contributed by atoms with Crippen molar-refractivity contribution in [2.75, 3.05) is 31.5 Å². The molecule has 0 radical (unpaired) electrons. The van der Waals surface area contributed by atoms with Crippen LogP contribution in [-0.4, -0.2) is 55.0 Å². The molecule has 6 heteroatoms. The molecule has 4 aliphatic rings. The number of hydrogen-bond donors (Lipinski definition) is 3. The van der Waals surface area contributed by atoms with E-state index < -0.39 is 0 Å². The van der Waals surface area contributed by atoms with Crippen LogP contribution < -0.4 is 16.0 Å². The molecule has 4 fully saturated rings. The van der Waals surface area contributed by atoms with Crippen molar-refractivity contribution < 1.29 is 4.79 Å². The number of piperazine rings is 1. The van der Waals surface area contributed by atoms with Crippen molar-refractivity contribution in [2.45, 2.75) is 65.5 Å².